The van der Waals surface area contributed by atoms with Crippen LogP contribution in [-0.4, -0.2) is 45.8 Å². The van der Waals surface area contributed by atoms with E-state index in [2.05, 4.69) is 32.4 Å². The predicted octanol–water partition coefficient (Wildman–Crippen LogP) is 1.76. The topological polar surface area (TPSA) is 41.3 Å². The Labute approximate surface area is 116 Å². The Morgan fingerprint density at radius 1 is 1.22 bits per heavy atom. The van der Waals surface area contributed by atoms with Crippen LogP contribution in [0.2, 0.25) is 0 Å². The minimum atomic E-state index is -0.198. The lowest BCUT2D eigenvalue weighted by molar-refractivity contribution is 0.141. The fourth-order valence-electron chi connectivity index (χ4n) is 3.10. The van der Waals surface area contributed by atoms with Crippen LogP contribution in [-0.2, 0) is 13.0 Å². The molecular weight excluding hydrogens is 294 g/mol. The first-order valence-electron chi connectivity index (χ1n) is 6.76. The molecule has 0 aromatic carbocycles. The Bertz CT molecular complexity index is 438. The van der Waals surface area contributed by atoms with Gasteiger partial charge in [-0.25, -0.2) is 4.98 Å². The van der Waals surface area contributed by atoms with Crippen LogP contribution in [0.5, 0.6) is 0 Å². The molecule has 0 saturated carbocycles. The number of piperidine rings is 1. The van der Waals surface area contributed by atoms with Crippen LogP contribution in [0.4, 0.5) is 0 Å². The van der Waals surface area contributed by atoms with Crippen molar-refractivity contribution in [3.05, 3.63) is 16.1 Å². The second-order valence-corrected chi connectivity index (χ2v) is 6.33. The molecular formula is C13H20BrN3O. The smallest absolute Gasteiger partial charge is 0.127 e. The minimum absolute atomic E-state index is 0.198. The third-order valence-corrected chi connectivity index (χ3v) is 4.89. The van der Waals surface area contributed by atoms with E-state index in [4.69, 9.17) is 4.98 Å². The van der Waals surface area contributed by atoms with Crippen molar-refractivity contribution in [1.29, 1.82) is 0 Å². The fraction of sp³-hybridized carbons (Fsp3) is 0.769. The maximum absolute atomic E-state index is 9.77. The lowest BCUT2D eigenvalue weighted by Gasteiger charge is -2.30. The van der Waals surface area contributed by atoms with E-state index in [0.717, 1.165) is 37.1 Å². The second kappa shape index (κ2) is 4.94. The van der Waals surface area contributed by atoms with Gasteiger partial charge in [0, 0.05) is 18.9 Å². The molecule has 1 aromatic heterocycles. The molecule has 0 aliphatic carbocycles. The van der Waals surface area contributed by atoms with Crippen LogP contribution >= 0.6 is 15.9 Å². The molecule has 3 heterocycles. The molecule has 3 rings (SSSR count). The number of hydrogen-bond acceptors (Lipinski definition) is 3. The Morgan fingerprint density at radius 2 is 1.94 bits per heavy atom. The number of aliphatic hydroxyl groups excluding tert-OH is 1. The van der Waals surface area contributed by atoms with Gasteiger partial charge in [-0.15, -0.1) is 0 Å². The van der Waals surface area contributed by atoms with E-state index in [-0.39, 0.29) is 6.10 Å². The molecule has 1 fully saturated rings. The number of halogens is 1. The largest absolute Gasteiger partial charge is 0.393 e. The summed E-state index contributed by atoms with van der Waals surface area (Å²) in [7, 11) is 2.18. The summed E-state index contributed by atoms with van der Waals surface area (Å²) in [5.41, 5.74) is 1.18. The van der Waals surface area contributed by atoms with Crippen LogP contribution < -0.4 is 0 Å². The van der Waals surface area contributed by atoms with Crippen molar-refractivity contribution in [3.8, 4) is 0 Å². The van der Waals surface area contributed by atoms with Gasteiger partial charge < -0.3 is 14.6 Å². The molecule has 18 heavy (non-hydrogen) atoms. The van der Waals surface area contributed by atoms with Gasteiger partial charge in [0.2, 0.25) is 0 Å². The lowest BCUT2D eigenvalue weighted by Crippen LogP contribution is -2.31. The van der Waals surface area contributed by atoms with Gasteiger partial charge >= 0.3 is 0 Å². The molecule has 5 heteroatoms. The molecule has 0 radical (unpaired) electrons. The van der Waals surface area contributed by atoms with Crippen LogP contribution in [0.15, 0.2) is 4.60 Å². The third-order valence-electron chi connectivity index (χ3n) is 4.25. The Balaban J connectivity index is 1.87. The average Bonchev–Trinajstić information content (AvgIpc) is 2.68. The average molecular weight is 314 g/mol. The zero-order valence-corrected chi connectivity index (χ0v) is 12.4. The Hall–Kier alpha value is -0.390. The van der Waals surface area contributed by atoms with Gasteiger partial charge in [0.05, 0.1) is 11.8 Å². The second-order valence-electron chi connectivity index (χ2n) is 5.58. The number of rotatable bonds is 1. The molecule has 4 nitrogen and oxygen atoms in total. The molecule has 0 spiro atoms. The normalized spacial score (nSPS) is 26.3. The highest BCUT2D eigenvalue weighted by atomic mass is 79.9. The molecule has 0 bridgehead atoms. The zero-order chi connectivity index (χ0) is 12.7. The van der Waals surface area contributed by atoms with Crippen LogP contribution in [0, 0.1) is 0 Å². The van der Waals surface area contributed by atoms with E-state index in [0.29, 0.717) is 5.92 Å². The van der Waals surface area contributed by atoms with Gasteiger partial charge in [-0.05, 0) is 55.3 Å². The quantitative estimate of drug-likeness (QED) is 0.859. The SMILES string of the molecule is CN1CCC(c2nc(Br)c3n2CCC(O)C3)CC1. The van der Waals surface area contributed by atoms with Crippen molar-refractivity contribution in [2.45, 2.75) is 44.2 Å². The highest BCUT2D eigenvalue weighted by Crippen LogP contribution is 2.33. The van der Waals surface area contributed by atoms with E-state index >= 15 is 0 Å². The van der Waals surface area contributed by atoms with Crippen molar-refractivity contribution < 1.29 is 5.11 Å². The van der Waals surface area contributed by atoms with Gasteiger partial charge in [0.25, 0.3) is 0 Å². The maximum Gasteiger partial charge on any atom is 0.127 e. The molecule has 1 aromatic rings. The number of aromatic nitrogens is 2. The van der Waals surface area contributed by atoms with Crippen molar-refractivity contribution in [2.75, 3.05) is 20.1 Å². The molecule has 1 saturated heterocycles. The number of fused-ring (bicyclic) bond motifs is 1. The third kappa shape index (κ3) is 2.24. The lowest BCUT2D eigenvalue weighted by atomic mass is 9.96. The molecule has 1 atom stereocenters. The summed E-state index contributed by atoms with van der Waals surface area (Å²) < 4.78 is 3.28. The first kappa shape index (κ1) is 12.6. The van der Waals surface area contributed by atoms with Gasteiger partial charge in [-0.3, -0.25) is 0 Å². The monoisotopic (exact) mass is 313 g/mol. The Kier molecular flexibility index (Phi) is 3.47. The molecule has 100 valence electrons. The summed E-state index contributed by atoms with van der Waals surface area (Å²) in [5, 5.41) is 9.77. The molecule has 1 N–H and O–H groups in total. The van der Waals surface area contributed by atoms with Crippen molar-refractivity contribution in [3.63, 3.8) is 0 Å². The maximum atomic E-state index is 9.77. The van der Waals surface area contributed by atoms with Crippen LogP contribution in [0.25, 0.3) is 0 Å². The van der Waals surface area contributed by atoms with Crippen molar-refractivity contribution in [2.24, 2.45) is 0 Å². The van der Waals surface area contributed by atoms with Gasteiger partial charge in [0.15, 0.2) is 0 Å². The number of imidazole rings is 1. The first-order chi connectivity index (χ1) is 8.65. The van der Waals surface area contributed by atoms with Crippen LogP contribution in [0.3, 0.4) is 0 Å². The minimum Gasteiger partial charge on any atom is -0.393 e. The fourth-order valence-corrected chi connectivity index (χ4v) is 3.66. The Morgan fingerprint density at radius 3 is 2.67 bits per heavy atom. The summed E-state index contributed by atoms with van der Waals surface area (Å²) in [6.07, 6.45) is 3.79. The van der Waals surface area contributed by atoms with E-state index in [1.165, 1.54) is 24.4 Å². The number of aliphatic hydroxyl groups is 1. The van der Waals surface area contributed by atoms with E-state index in [1.54, 1.807) is 0 Å². The highest BCUT2D eigenvalue weighted by Gasteiger charge is 2.28. The highest BCUT2D eigenvalue weighted by molar-refractivity contribution is 9.10. The van der Waals surface area contributed by atoms with Gasteiger partial charge in [-0.1, -0.05) is 0 Å². The standard InChI is InChI=1S/C13H20BrN3O/c1-16-5-2-9(3-6-16)13-15-12(14)11-8-10(18)4-7-17(11)13/h9-10,18H,2-8H2,1H3. The van der Waals surface area contributed by atoms with E-state index in [9.17, 15) is 5.11 Å². The van der Waals surface area contributed by atoms with Crippen molar-refractivity contribution >= 4 is 15.9 Å². The number of nitrogens with zero attached hydrogens (tertiary/aromatic N) is 3. The molecule has 0 amide bonds. The predicted molar refractivity (Wildman–Crippen MR) is 73.7 cm³/mol. The van der Waals surface area contributed by atoms with Gasteiger partial charge in [0.1, 0.15) is 10.4 Å². The summed E-state index contributed by atoms with van der Waals surface area (Å²) in [6, 6.07) is 0. The van der Waals surface area contributed by atoms with Crippen LogP contribution in [0.1, 0.15) is 36.7 Å². The molecule has 2 aliphatic heterocycles. The van der Waals surface area contributed by atoms with E-state index < -0.39 is 0 Å². The summed E-state index contributed by atoms with van der Waals surface area (Å²) in [4.78, 5) is 7.11. The summed E-state index contributed by atoms with van der Waals surface area (Å²) in [6.45, 7) is 3.23. The van der Waals surface area contributed by atoms with Crippen molar-refractivity contribution in [1.82, 2.24) is 14.5 Å². The summed E-state index contributed by atoms with van der Waals surface area (Å²) in [5.74, 6) is 1.82. The first-order valence-corrected chi connectivity index (χ1v) is 7.56. The summed E-state index contributed by atoms with van der Waals surface area (Å²) >= 11 is 3.56. The number of hydrogen-bond donors (Lipinski definition) is 1. The van der Waals surface area contributed by atoms with Gasteiger partial charge in [-0.2, -0.15) is 0 Å². The van der Waals surface area contributed by atoms with E-state index in [1.807, 2.05) is 0 Å². The molecule has 1 unspecified atom stereocenters. The zero-order valence-electron chi connectivity index (χ0n) is 10.8. The molecule has 2 aliphatic rings. The number of likely N-dealkylation sites (tertiary alicyclic amines) is 1.